The van der Waals surface area contributed by atoms with Crippen LogP contribution in [-0.4, -0.2) is 6.54 Å². The SMILES string of the molecule is Cc1cccc(C#N)c1NCC1CCCCC1C. The first-order chi connectivity index (χ1) is 8.72. The van der Waals surface area contributed by atoms with Crippen molar-refractivity contribution in [3.63, 3.8) is 0 Å². The molecule has 18 heavy (non-hydrogen) atoms. The van der Waals surface area contributed by atoms with Crippen LogP contribution in [0.5, 0.6) is 0 Å². The van der Waals surface area contributed by atoms with Crippen molar-refractivity contribution in [1.82, 2.24) is 0 Å². The van der Waals surface area contributed by atoms with Gasteiger partial charge in [-0.2, -0.15) is 5.26 Å². The summed E-state index contributed by atoms with van der Waals surface area (Å²) >= 11 is 0. The second-order valence-corrected chi connectivity index (χ2v) is 5.51. The molecular formula is C16H22N2. The van der Waals surface area contributed by atoms with Crippen LogP contribution >= 0.6 is 0 Å². The first-order valence-electron chi connectivity index (χ1n) is 6.96. The normalized spacial score (nSPS) is 23.4. The largest absolute Gasteiger partial charge is 0.383 e. The molecule has 96 valence electrons. The van der Waals surface area contributed by atoms with Crippen LogP contribution in [0.1, 0.15) is 43.7 Å². The molecule has 0 heterocycles. The number of rotatable bonds is 3. The molecule has 2 atom stereocenters. The Morgan fingerprint density at radius 3 is 2.83 bits per heavy atom. The summed E-state index contributed by atoms with van der Waals surface area (Å²) in [5, 5.41) is 12.7. The molecule has 1 N–H and O–H groups in total. The highest BCUT2D eigenvalue weighted by Gasteiger charge is 2.21. The van der Waals surface area contributed by atoms with Gasteiger partial charge in [-0.25, -0.2) is 0 Å². The molecule has 2 nitrogen and oxygen atoms in total. The average Bonchev–Trinajstić information content (AvgIpc) is 2.39. The molecule has 2 unspecified atom stereocenters. The van der Waals surface area contributed by atoms with Gasteiger partial charge in [0.25, 0.3) is 0 Å². The Bertz CT molecular complexity index is 445. The van der Waals surface area contributed by atoms with E-state index in [-0.39, 0.29) is 0 Å². The average molecular weight is 242 g/mol. The maximum Gasteiger partial charge on any atom is 0.101 e. The van der Waals surface area contributed by atoms with Crippen molar-refractivity contribution in [2.24, 2.45) is 11.8 Å². The van der Waals surface area contributed by atoms with Gasteiger partial charge in [0.1, 0.15) is 6.07 Å². The maximum absolute atomic E-state index is 9.14. The lowest BCUT2D eigenvalue weighted by Gasteiger charge is -2.29. The Labute approximate surface area is 110 Å². The minimum atomic E-state index is 0.755. The third kappa shape index (κ3) is 2.85. The lowest BCUT2D eigenvalue weighted by Crippen LogP contribution is -2.24. The van der Waals surface area contributed by atoms with E-state index >= 15 is 0 Å². The minimum Gasteiger partial charge on any atom is -0.383 e. The molecule has 1 aliphatic rings. The molecule has 0 aromatic heterocycles. The molecule has 0 bridgehead atoms. The van der Waals surface area contributed by atoms with Crippen LogP contribution in [0.4, 0.5) is 5.69 Å². The van der Waals surface area contributed by atoms with Crippen molar-refractivity contribution < 1.29 is 0 Å². The monoisotopic (exact) mass is 242 g/mol. The van der Waals surface area contributed by atoms with Gasteiger partial charge in [-0.3, -0.25) is 0 Å². The lowest BCUT2D eigenvalue weighted by atomic mass is 9.80. The zero-order valence-corrected chi connectivity index (χ0v) is 11.4. The number of hydrogen-bond acceptors (Lipinski definition) is 2. The molecule has 0 saturated heterocycles. The van der Waals surface area contributed by atoms with E-state index in [1.54, 1.807) is 0 Å². The summed E-state index contributed by atoms with van der Waals surface area (Å²) in [6.45, 7) is 5.42. The summed E-state index contributed by atoms with van der Waals surface area (Å²) in [4.78, 5) is 0. The number of aryl methyl sites for hydroxylation is 1. The number of para-hydroxylation sites is 1. The summed E-state index contributed by atoms with van der Waals surface area (Å²) in [6, 6.07) is 8.17. The Kier molecular flexibility index (Phi) is 4.25. The molecule has 1 fully saturated rings. The molecule has 1 saturated carbocycles. The van der Waals surface area contributed by atoms with Gasteiger partial charge in [-0.05, 0) is 36.8 Å². The highest BCUT2D eigenvalue weighted by atomic mass is 14.9. The minimum absolute atomic E-state index is 0.755. The fourth-order valence-electron chi connectivity index (χ4n) is 2.93. The van der Waals surface area contributed by atoms with Crippen LogP contribution in [0.15, 0.2) is 18.2 Å². The second-order valence-electron chi connectivity index (χ2n) is 5.51. The molecule has 2 heteroatoms. The van der Waals surface area contributed by atoms with E-state index < -0.39 is 0 Å². The van der Waals surface area contributed by atoms with Crippen LogP contribution in [0.2, 0.25) is 0 Å². The number of anilines is 1. The summed E-state index contributed by atoms with van der Waals surface area (Å²) < 4.78 is 0. The van der Waals surface area contributed by atoms with Crippen LogP contribution in [-0.2, 0) is 0 Å². The van der Waals surface area contributed by atoms with Crippen molar-refractivity contribution >= 4 is 5.69 Å². The van der Waals surface area contributed by atoms with E-state index in [2.05, 4.69) is 31.3 Å². The van der Waals surface area contributed by atoms with Gasteiger partial charge in [0.15, 0.2) is 0 Å². The smallest absolute Gasteiger partial charge is 0.101 e. The van der Waals surface area contributed by atoms with Gasteiger partial charge in [0.05, 0.1) is 11.3 Å². The second kappa shape index (κ2) is 5.91. The zero-order valence-electron chi connectivity index (χ0n) is 11.4. The van der Waals surface area contributed by atoms with Gasteiger partial charge < -0.3 is 5.32 Å². The van der Waals surface area contributed by atoms with Gasteiger partial charge in [-0.1, -0.05) is 38.3 Å². The van der Waals surface area contributed by atoms with Crippen molar-refractivity contribution in [3.8, 4) is 6.07 Å². The first kappa shape index (κ1) is 13.0. The summed E-state index contributed by atoms with van der Waals surface area (Å²) in [7, 11) is 0. The molecule has 0 radical (unpaired) electrons. The molecular weight excluding hydrogens is 220 g/mol. The third-order valence-corrected chi connectivity index (χ3v) is 4.22. The van der Waals surface area contributed by atoms with Gasteiger partial charge >= 0.3 is 0 Å². The number of nitrogens with zero attached hydrogens (tertiary/aromatic N) is 1. The maximum atomic E-state index is 9.14. The standard InChI is InChI=1S/C16H22N2/c1-12-6-3-4-8-15(12)11-18-16-13(2)7-5-9-14(16)10-17/h5,7,9,12,15,18H,3-4,6,8,11H2,1-2H3. The predicted octanol–water partition coefficient (Wildman–Crippen LogP) is 4.10. The Hall–Kier alpha value is -1.49. The quantitative estimate of drug-likeness (QED) is 0.866. The highest BCUT2D eigenvalue weighted by Crippen LogP contribution is 2.30. The molecule has 0 aliphatic heterocycles. The number of benzene rings is 1. The van der Waals surface area contributed by atoms with Crippen LogP contribution in [0.25, 0.3) is 0 Å². The third-order valence-electron chi connectivity index (χ3n) is 4.22. The van der Waals surface area contributed by atoms with Crippen molar-refractivity contribution in [1.29, 1.82) is 5.26 Å². The summed E-state index contributed by atoms with van der Waals surface area (Å²) in [6.07, 6.45) is 5.41. The van der Waals surface area contributed by atoms with Crippen molar-refractivity contribution in [3.05, 3.63) is 29.3 Å². The van der Waals surface area contributed by atoms with Crippen molar-refractivity contribution in [2.45, 2.75) is 39.5 Å². The van der Waals surface area contributed by atoms with E-state index in [1.807, 2.05) is 12.1 Å². The van der Waals surface area contributed by atoms with Gasteiger partial charge in [-0.15, -0.1) is 0 Å². The topological polar surface area (TPSA) is 35.8 Å². The number of nitrogens with one attached hydrogen (secondary N) is 1. The van der Waals surface area contributed by atoms with E-state index in [4.69, 9.17) is 5.26 Å². The molecule has 1 aromatic rings. The summed E-state index contributed by atoms with van der Waals surface area (Å²) in [5.41, 5.74) is 2.95. The van der Waals surface area contributed by atoms with Gasteiger partial charge in [0.2, 0.25) is 0 Å². The van der Waals surface area contributed by atoms with E-state index in [1.165, 1.54) is 25.7 Å². The van der Waals surface area contributed by atoms with Crippen LogP contribution in [0, 0.1) is 30.1 Å². The van der Waals surface area contributed by atoms with E-state index in [9.17, 15) is 0 Å². The first-order valence-corrected chi connectivity index (χ1v) is 6.96. The fraction of sp³-hybridized carbons (Fsp3) is 0.562. The van der Waals surface area contributed by atoms with E-state index in [0.29, 0.717) is 0 Å². The van der Waals surface area contributed by atoms with E-state index in [0.717, 1.165) is 35.2 Å². The Morgan fingerprint density at radius 2 is 2.11 bits per heavy atom. The highest BCUT2D eigenvalue weighted by molar-refractivity contribution is 5.62. The summed E-state index contributed by atoms with van der Waals surface area (Å²) in [5.74, 6) is 1.56. The van der Waals surface area contributed by atoms with Gasteiger partial charge in [0, 0.05) is 6.54 Å². The molecule has 1 aliphatic carbocycles. The number of nitriles is 1. The Morgan fingerprint density at radius 1 is 1.33 bits per heavy atom. The Balaban J connectivity index is 2.04. The van der Waals surface area contributed by atoms with Crippen molar-refractivity contribution in [2.75, 3.05) is 11.9 Å². The van der Waals surface area contributed by atoms with Crippen LogP contribution in [0.3, 0.4) is 0 Å². The zero-order chi connectivity index (χ0) is 13.0. The van der Waals surface area contributed by atoms with Crippen LogP contribution < -0.4 is 5.32 Å². The predicted molar refractivity (Wildman–Crippen MR) is 75.5 cm³/mol. The lowest BCUT2D eigenvalue weighted by molar-refractivity contribution is 0.268. The molecule has 1 aromatic carbocycles. The molecule has 0 amide bonds. The fourth-order valence-corrected chi connectivity index (χ4v) is 2.93. The molecule has 0 spiro atoms. The number of hydrogen-bond donors (Lipinski definition) is 1. The molecule has 2 rings (SSSR count).